The zero-order valence-electron chi connectivity index (χ0n) is 28.5. The summed E-state index contributed by atoms with van der Waals surface area (Å²) in [4.78, 5) is 36.9. The first-order valence-electron chi connectivity index (χ1n) is 16.6. The maximum atomic E-state index is 12.6. The molecular weight excluding hydrogens is 544 g/mol. The summed E-state index contributed by atoms with van der Waals surface area (Å²) >= 11 is 0. The Kier molecular flexibility index (Phi) is 9.33. The second-order valence-electron chi connectivity index (χ2n) is 16.3. The largest absolute Gasteiger partial charge is 0.469 e. The SMILES string of the molecule is COC(=O)CC(=O)O[C@@H]1CCC2(C)C(CCC3(C)C2CC(OC(C)=O)C2C(C(C)(O)CCC=C(C)C)CCC23C)C1(C)C. The van der Waals surface area contributed by atoms with Gasteiger partial charge in [0, 0.05) is 18.3 Å². The van der Waals surface area contributed by atoms with E-state index in [2.05, 4.69) is 59.3 Å². The van der Waals surface area contributed by atoms with Crippen molar-refractivity contribution in [1.82, 2.24) is 0 Å². The molecule has 0 saturated heterocycles. The van der Waals surface area contributed by atoms with Crippen molar-refractivity contribution in [2.24, 2.45) is 45.3 Å². The third-order valence-electron chi connectivity index (χ3n) is 13.4. The smallest absolute Gasteiger partial charge is 0.317 e. The molecule has 0 aromatic carbocycles. The van der Waals surface area contributed by atoms with Crippen LogP contribution in [0, 0.1) is 45.3 Å². The third-order valence-corrected chi connectivity index (χ3v) is 13.4. The first-order valence-corrected chi connectivity index (χ1v) is 16.6. The molecule has 4 rings (SSSR count). The van der Waals surface area contributed by atoms with Gasteiger partial charge in [-0.2, -0.15) is 0 Å². The number of hydrogen-bond acceptors (Lipinski definition) is 7. The highest BCUT2D eigenvalue weighted by atomic mass is 16.6. The molecule has 0 radical (unpaired) electrons. The molecule has 43 heavy (non-hydrogen) atoms. The summed E-state index contributed by atoms with van der Waals surface area (Å²) in [6.07, 6.45) is 9.36. The van der Waals surface area contributed by atoms with Crippen LogP contribution in [0.15, 0.2) is 11.6 Å². The number of carbonyl (C=O) groups excluding carboxylic acids is 3. The molecule has 4 fully saturated rings. The van der Waals surface area contributed by atoms with Crippen LogP contribution in [-0.2, 0) is 28.6 Å². The van der Waals surface area contributed by atoms with Gasteiger partial charge in [-0.25, -0.2) is 0 Å². The quantitative estimate of drug-likeness (QED) is 0.136. The first-order chi connectivity index (χ1) is 19.8. The molecule has 4 saturated carbocycles. The lowest BCUT2D eigenvalue weighted by Gasteiger charge is -2.70. The molecule has 0 aliphatic heterocycles. The second kappa shape index (κ2) is 11.8. The van der Waals surface area contributed by atoms with Crippen molar-refractivity contribution in [2.75, 3.05) is 7.11 Å². The lowest BCUT2D eigenvalue weighted by atomic mass is 9.35. The minimum Gasteiger partial charge on any atom is -0.469 e. The van der Waals surface area contributed by atoms with E-state index in [1.165, 1.54) is 19.6 Å². The van der Waals surface area contributed by atoms with E-state index in [0.717, 1.165) is 51.4 Å². The Morgan fingerprint density at radius 3 is 2.14 bits per heavy atom. The van der Waals surface area contributed by atoms with E-state index in [1.54, 1.807) is 0 Å². The van der Waals surface area contributed by atoms with Crippen molar-refractivity contribution in [2.45, 2.75) is 144 Å². The van der Waals surface area contributed by atoms with Gasteiger partial charge in [0.2, 0.25) is 0 Å². The Labute approximate surface area is 259 Å². The minimum absolute atomic E-state index is 0.0226. The van der Waals surface area contributed by atoms with Crippen LogP contribution in [0.5, 0.6) is 0 Å². The molecule has 1 N–H and O–H groups in total. The summed E-state index contributed by atoms with van der Waals surface area (Å²) < 4.78 is 16.9. The molecule has 0 heterocycles. The van der Waals surface area contributed by atoms with Crippen LogP contribution in [0.4, 0.5) is 0 Å². The summed E-state index contributed by atoms with van der Waals surface area (Å²) in [5.41, 5.74) is 0.0573. The number of aliphatic hydroxyl groups is 1. The molecule has 9 unspecified atom stereocenters. The highest BCUT2D eigenvalue weighted by Gasteiger charge is 2.72. The van der Waals surface area contributed by atoms with Gasteiger partial charge in [-0.3, -0.25) is 14.4 Å². The molecule has 0 aromatic rings. The van der Waals surface area contributed by atoms with Crippen molar-refractivity contribution >= 4 is 17.9 Å². The molecule has 0 aromatic heterocycles. The van der Waals surface area contributed by atoms with Gasteiger partial charge in [0.1, 0.15) is 18.6 Å². The number of allylic oxidation sites excluding steroid dienone is 2. The Bertz CT molecular complexity index is 1120. The van der Waals surface area contributed by atoms with Gasteiger partial charge in [0.15, 0.2) is 0 Å². The molecule has 0 spiro atoms. The van der Waals surface area contributed by atoms with E-state index in [0.29, 0.717) is 18.3 Å². The van der Waals surface area contributed by atoms with Gasteiger partial charge < -0.3 is 19.3 Å². The van der Waals surface area contributed by atoms with Crippen LogP contribution in [-0.4, -0.2) is 47.9 Å². The average Bonchev–Trinajstić information content (AvgIpc) is 3.27. The van der Waals surface area contributed by atoms with E-state index in [4.69, 9.17) is 9.47 Å². The Morgan fingerprint density at radius 1 is 0.884 bits per heavy atom. The fourth-order valence-electron chi connectivity index (χ4n) is 11.2. The molecule has 10 atom stereocenters. The molecule has 0 bridgehead atoms. The number of fused-ring (bicyclic) bond motifs is 5. The van der Waals surface area contributed by atoms with Crippen LogP contribution < -0.4 is 0 Å². The first kappa shape index (κ1) is 34.0. The highest BCUT2D eigenvalue weighted by molar-refractivity contribution is 5.91. The molecular formula is C36H58O7. The van der Waals surface area contributed by atoms with Crippen LogP contribution in [0.1, 0.15) is 127 Å². The van der Waals surface area contributed by atoms with Crippen molar-refractivity contribution < 1.29 is 33.7 Å². The zero-order chi connectivity index (χ0) is 32.2. The second-order valence-corrected chi connectivity index (χ2v) is 16.3. The summed E-state index contributed by atoms with van der Waals surface area (Å²) in [7, 11) is 1.28. The van der Waals surface area contributed by atoms with E-state index in [-0.39, 0.29) is 58.1 Å². The van der Waals surface area contributed by atoms with Crippen LogP contribution in [0.3, 0.4) is 0 Å². The predicted molar refractivity (Wildman–Crippen MR) is 166 cm³/mol. The number of hydrogen-bond donors (Lipinski definition) is 1. The lowest BCUT2D eigenvalue weighted by molar-refractivity contribution is -0.252. The molecule has 244 valence electrons. The van der Waals surface area contributed by atoms with Crippen molar-refractivity contribution in [3.8, 4) is 0 Å². The van der Waals surface area contributed by atoms with Crippen LogP contribution in [0.25, 0.3) is 0 Å². The fraction of sp³-hybridized carbons (Fsp3) is 0.861. The minimum atomic E-state index is -0.842. The standard InChI is InChI=1S/C36H58O7/c1-22(2)12-11-16-36(9,40)24-13-18-35(8)31(24)25(42-23(3)37)20-27-33(6)17-15-28(43-30(39)21-29(38)41-10)32(4,5)26(33)14-19-34(27,35)7/h12,24-28,31,40H,11,13-21H2,1-10H3/t24?,25?,26?,27?,28-,31?,33?,34?,35?,36?/m1/s1. The maximum absolute atomic E-state index is 12.6. The Hall–Kier alpha value is -1.89. The van der Waals surface area contributed by atoms with E-state index in [9.17, 15) is 19.5 Å². The fourth-order valence-corrected chi connectivity index (χ4v) is 11.2. The highest BCUT2D eigenvalue weighted by Crippen LogP contribution is 2.76. The number of methoxy groups -OCH3 is 1. The Morgan fingerprint density at radius 2 is 1.53 bits per heavy atom. The van der Waals surface area contributed by atoms with Gasteiger partial charge in [0.25, 0.3) is 0 Å². The van der Waals surface area contributed by atoms with Crippen molar-refractivity contribution in [3.05, 3.63) is 11.6 Å². The molecule has 7 heteroatoms. The number of ether oxygens (including phenoxy) is 3. The van der Waals surface area contributed by atoms with E-state index >= 15 is 0 Å². The lowest BCUT2D eigenvalue weighted by Crippen LogP contribution is -2.67. The third kappa shape index (κ3) is 5.81. The zero-order valence-corrected chi connectivity index (χ0v) is 28.5. The van der Waals surface area contributed by atoms with E-state index in [1.807, 2.05) is 6.92 Å². The molecule has 4 aliphatic rings. The summed E-state index contributed by atoms with van der Waals surface area (Å²) in [6, 6.07) is 0. The summed E-state index contributed by atoms with van der Waals surface area (Å²) in [5, 5.41) is 12.0. The van der Waals surface area contributed by atoms with Gasteiger partial charge in [-0.05, 0) is 113 Å². The van der Waals surface area contributed by atoms with Crippen LogP contribution in [0.2, 0.25) is 0 Å². The summed E-state index contributed by atoms with van der Waals surface area (Å²) in [6.45, 7) is 19.5. The topological polar surface area (TPSA) is 99.1 Å². The molecule has 7 nitrogen and oxygen atoms in total. The number of carbonyl (C=O) groups is 3. The van der Waals surface area contributed by atoms with Gasteiger partial charge >= 0.3 is 17.9 Å². The van der Waals surface area contributed by atoms with Crippen molar-refractivity contribution in [3.63, 3.8) is 0 Å². The van der Waals surface area contributed by atoms with Crippen molar-refractivity contribution in [1.29, 1.82) is 0 Å². The Balaban J connectivity index is 1.66. The summed E-state index contributed by atoms with van der Waals surface area (Å²) in [5.74, 6) is -0.546. The normalized spacial score (nSPS) is 41.0. The monoisotopic (exact) mass is 602 g/mol. The van der Waals surface area contributed by atoms with Gasteiger partial charge in [-0.1, -0.05) is 46.3 Å². The molecule has 0 amide bonds. The molecule has 4 aliphatic carbocycles. The average molecular weight is 603 g/mol. The van der Waals surface area contributed by atoms with Gasteiger partial charge in [-0.15, -0.1) is 0 Å². The number of rotatable bonds is 8. The van der Waals surface area contributed by atoms with Crippen LogP contribution >= 0.6 is 0 Å². The maximum Gasteiger partial charge on any atom is 0.317 e. The van der Waals surface area contributed by atoms with Gasteiger partial charge in [0.05, 0.1) is 12.7 Å². The predicted octanol–water partition coefficient (Wildman–Crippen LogP) is 7.19. The van der Waals surface area contributed by atoms with E-state index < -0.39 is 17.5 Å². The number of esters is 3.